The lowest BCUT2D eigenvalue weighted by molar-refractivity contribution is 0.100. The molecule has 0 amide bonds. The fourth-order valence-electron chi connectivity index (χ4n) is 1.21. The van der Waals surface area contributed by atoms with Crippen LogP contribution in [0.3, 0.4) is 0 Å². The monoisotopic (exact) mass is 178 g/mol. The van der Waals surface area contributed by atoms with Gasteiger partial charge in [-0.3, -0.25) is 4.98 Å². The predicted octanol–water partition coefficient (Wildman–Crippen LogP) is 0.843. The molecule has 0 aliphatic carbocycles. The van der Waals surface area contributed by atoms with E-state index in [9.17, 15) is 0 Å². The van der Waals surface area contributed by atoms with Crippen molar-refractivity contribution in [3.8, 4) is 0 Å². The van der Waals surface area contributed by atoms with Crippen LogP contribution in [0.1, 0.15) is 11.3 Å². The molecule has 1 aromatic rings. The van der Waals surface area contributed by atoms with Crippen molar-refractivity contribution in [2.75, 3.05) is 6.79 Å². The summed E-state index contributed by atoms with van der Waals surface area (Å²) >= 11 is 0. The van der Waals surface area contributed by atoms with Crippen LogP contribution in [0.15, 0.2) is 24.6 Å². The van der Waals surface area contributed by atoms with Crippen molar-refractivity contribution in [3.63, 3.8) is 0 Å². The van der Waals surface area contributed by atoms with E-state index in [1.165, 1.54) is 0 Å². The maximum atomic E-state index is 5.53. The number of nitrogens with zero attached hydrogens (tertiary/aromatic N) is 1. The molecule has 2 heterocycles. The van der Waals surface area contributed by atoms with Crippen molar-refractivity contribution in [1.29, 1.82) is 0 Å². The van der Waals surface area contributed by atoms with Crippen molar-refractivity contribution >= 4 is 5.76 Å². The Morgan fingerprint density at radius 1 is 1.54 bits per heavy atom. The van der Waals surface area contributed by atoms with E-state index >= 15 is 0 Å². The number of hydrogen-bond acceptors (Lipinski definition) is 4. The van der Waals surface area contributed by atoms with Gasteiger partial charge >= 0.3 is 0 Å². The lowest BCUT2D eigenvalue weighted by atomic mass is 10.1. The molecule has 0 atom stereocenters. The summed E-state index contributed by atoms with van der Waals surface area (Å²) in [6.07, 6.45) is 3.29. The van der Waals surface area contributed by atoms with Gasteiger partial charge in [0.1, 0.15) is 6.26 Å². The number of rotatable bonds is 2. The molecule has 1 aliphatic heterocycles. The highest BCUT2D eigenvalue weighted by atomic mass is 16.7. The molecular formula is C9H10N2O2. The average molecular weight is 178 g/mol. The number of nitrogens with two attached hydrogens (primary N) is 1. The van der Waals surface area contributed by atoms with Crippen LogP contribution in [0.2, 0.25) is 0 Å². The molecule has 0 bridgehead atoms. The highest BCUT2D eigenvalue weighted by molar-refractivity contribution is 5.61. The Hall–Kier alpha value is -1.55. The molecule has 1 aromatic heterocycles. The van der Waals surface area contributed by atoms with Crippen LogP contribution in [0.25, 0.3) is 5.76 Å². The average Bonchev–Trinajstić information content (AvgIpc) is 2.70. The second-order valence-electron chi connectivity index (χ2n) is 2.61. The number of pyridine rings is 1. The molecule has 0 radical (unpaired) electrons. The van der Waals surface area contributed by atoms with Gasteiger partial charge in [-0.1, -0.05) is 0 Å². The largest absolute Gasteiger partial charge is 0.461 e. The zero-order valence-corrected chi connectivity index (χ0v) is 7.06. The fraction of sp³-hybridized carbons (Fsp3) is 0.222. The molecule has 13 heavy (non-hydrogen) atoms. The zero-order valence-electron chi connectivity index (χ0n) is 7.06. The minimum Gasteiger partial charge on any atom is -0.461 e. The van der Waals surface area contributed by atoms with Crippen molar-refractivity contribution in [2.24, 2.45) is 5.73 Å². The summed E-state index contributed by atoms with van der Waals surface area (Å²) in [6.45, 7) is 0.672. The van der Waals surface area contributed by atoms with Gasteiger partial charge in [0.25, 0.3) is 0 Å². The summed E-state index contributed by atoms with van der Waals surface area (Å²) in [5.74, 6) is 0.702. The van der Waals surface area contributed by atoms with Crippen molar-refractivity contribution < 1.29 is 9.47 Å². The normalized spacial score (nSPS) is 14.7. The van der Waals surface area contributed by atoms with E-state index in [0.29, 0.717) is 12.3 Å². The van der Waals surface area contributed by atoms with E-state index in [1.54, 1.807) is 12.5 Å². The third kappa shape index (κ3) is 1.48. The Morgan fingerprint density at radius 2 is 2.46 bits per heavy atom. The number of aromatic nitrogens is 1. The Balaban J connectivity index is 2.38. The maximum Gasteiger partial charge on any atom is 0.230 e. The first-order valence-corrected chi connectivity index (χ1v) is 4.00. The smallest absolute Gasteiger partial charge is 0.230 e. The summed E-state index contributed by atoms with van der Waals surface area (Å²) in [4.78, 5) is 4.14. The SMILES string of the molecule is NCc1ncccc1C1=COCO1. The Kier molecular flexibility index (Phi) is 2.14. The second-order valence-corrected chi connectivity index (χ2v) is 2.61. The minimum absolute atomic E-state index is 0.272. The molecule has 2 rings (SSSR count). The third-order valence-corrected chi connectivity index (χ3v) is 1.82. The van der Waals surface area contributed by atoms with E-state index in [-0.39, 0.29) is 6.79 Å². The van der Waals surface area contributed by atoms with Crippen LogP contribution in [0, 0.1) is 0 Å². The van der Waals surface area contributed by atoms with E-state index < -0.39 is 0 Å². The standard InChI is InChI=1S/C9H10N2O2/c10-4-8-7(2-1-3-11-8)9-5-12-6-13-9/h1-3,5H,4,6,10H2. The summed E-state index contributed by atoms with van der Waals surface area (Å²) < 4.78 is 10.2. The van der Waals surface area contributed by atoms with Crippen LogP contribution in [0.4, 0.5) is 0 Å². The lowest BCUT2D eigenvalue weighted by Gasteiger charge is -2.05. The van der Waals surface area contributed by atoms with Crippen LogP contribution in [-0.2, 0) is 16.0 Å². The van der Waals surface area contributed by atoms with E-state index in [0.717, 1.165) is 11.3 Å². The minimum atomic E-state index is 0.272. The zero-order chi connectivity index (χ0) is 9.10. The first-order valence-electron chi connectivity index (χ1n) is 4.00. The predicted molar refractivity (Wildman–Crippen MR) is 47.1 cm³/mol. The molecule has 0 fully saturated rings. The summed E-state index contributed by atoms with van der Waals surface area (Å²) in [5, 5.41) is 0. The molecule has 1 aliphatic rings. The Labute approximate surface area is 76.0 Å². The second kappa shape index (κ2) is 3.45. The molecular weight excluding hydrogens is 168 g/mol. The van der Waals surface area contributed by atoms with Gasteiger partial charge in [0, 0.05) is 18.3 Å². The summed E-state index contributed by atoms with van der Waals surface area (Å²) in [6, 6.07) is 3.76. The summed E-state index contributed by atoms with van der Waals surface area (Å²) in [5.41, 5.74) is 7.26. The van der Waals surface area contributed by atoms with Crippen LogP contribution in [-0.4, -0.2) is 11.8 Å². The Bertz CT molecular complexity index is 336. The molecule has 68 valence electrons. The molecule has 4 heteroatoms. The molecule has 4 nitrogen and oxygen atoms in total. The fourth-order valence-corrected chi connectivity index (χ4v) is 1.21. The van der Waals surface area contributed by atoms with Gasteiger partial charge in [0.05, 0.1) is 5.69 Å². The number of ether oxygens (including phenoxy) is 2. The first kappa shape index (κ1) is 8.07. The first-order chi connectivity index (χ1) is 6.42. The highest BCUT2D eigenvalue weighted by Gasteiger charge is 2.12. The van der Waals surface area contributed by atoms with Crippen molar-refractivity contribution in [2.45, 2.75) is 6.54 Å². The third-order valence-electron chi connectivity index (χ3n) is 1.82. The van der Waals surface area contributed by atoms with Gasteiger partial charge in [0.2, 0.25) is 6.79 Å². The number of hydrogen-bond donors (Lipinski definition) is 1. The molecule has 0 spiro atoms. The van der Waals surface area contributed by atoms with Gasteiger partial charge in [-0.25, -0.2) is 0 Å². The lowest BCUT2D eigenvalue weighted by Crippen LogP contribution is -2.03. The maximum absolute atomic E-state index is 5.53. The van der Waals surface area contributed by atoms with Crippen LogP contribution in [0.5, 0.6) is 0 Å². The van der Waals surface area contributed by atoms with Crippen molar-refractivity contribution in [1.82, 2.24) is 4.98 Å². The topological polar surface area (TPSA) is 57.4 Å². The van der Waals surface area contributed by atoms with Crippen LogP contribution < -0.4 is 5.73 Å². The van der Waals surface area contributed by atoms with Gasteiger partial charge < -0.3 is 15.2 Å². The molecule has 0 saturated carbocycles. The quantitative estimate of drug-likeness (QED) is 0.729. The molecule has 0 saturated heterocycles. The van der Waals surface area contributed by atoms with E-state index in [4.69, 9.17) is 15.2 Å². The van der Waals surface area contributed by atoms with Gasteiger partial charge in [-0.15, -0.1) is 0 Å². The molecule has 0 unspecified atom stereocenters. The van der Waals surface area contributed by atoms with Crippen LogP contribution >= 0.6 is 0 Å². The molecule has 0 aromatic carbocycles. The van der Waals surface area contributed by atoms with E-state index in [2.05, 4.69) is 4.98 Å². The Morgan fingerprint density at radius 3 is 3.15 bits per heavy atom. The van der Waals surface area contributed by atoms with Crippen molar-refractivity contribution in [3.05, 3.63) is 35.8 Å². The summed E-state index contributed by atoms with van der Waals surface area (Å²) in [7, 11) is 0. The molecule has 2 N–H and O–H groups in total. The van der Waals surface area contributed by atoms with Gasteiger partial charge in [0.15, 0.2) is 5.76 Å². The van der Waals surface area contributed by atoms with E-state index in [1.807, 2.05) is 12.1 Å². The highest BCUT2D eigenvalue weighted by Crippen LogP contribution is 2.22. The van der Waals surface area contributed by atoms with Gasteiger partial charge in [-0.05, 0) is 12.1 Å². The van der Waals surface area contributed by atoms with Gasteiger partial charge in [-0.2, -0.15) is 0 Å².